The largest absolute Gasteiger partial charge is 0.394 e. The van der Waals surface area contributed by atoms with Crippen LogP contribution in [-0.2, 0) is 4.79 Å². The molecule has 0 bridgehead atoms. The minimum absolute atomic E-state index is 0.0713. The summed E-state index contributed by atoms with van der Waals surface area (Å²) in [6.07, 6.45) is 54.4. The minimum atomic E-state index is -0.857. The third kappa shape index (κ3) is 38.1. The molecule has 0 saturated heterocycles. The van der Waals surface area contributed by atoms with Gasteiger partial charge < -0.3 is 15.5 Å². The highest BCUT2D eigenvalue weighted by atomic mass is 16.3. The van der Waals surface area contributed by atoms with Crippen molar-refractivity contribution < 1.29 is 15.0 Å². The standard InChI is InChI=1S/C46H89NO3/c1-3-5-7-9-11-13-15-17-19-20-21-22-23-24-25-26-27-28-29-31-33-35-37-39-41-45(49)44(43-48)47-46(50)42-40-38-36-34-32-30-18-16-14-12-10-8-6-4-2/h31,33,39,41,44-45,48-49H,3-30,32,34-38,40,42-43H2,1-2H3,(H,47,50)/b33-31+,41-39+. The van der Waals surface area contributed by atoms with Crippen molar-refractivity contribution in [3.05, 3.63) is 24.3 Å². The number of carbonyl (C=O) groups excluding carboxylic acids is 1. The summed E-state index contributed by atoms with van der Waals surface area (Å²) in [4.78, 5) is 12.4. The number of amides is 1. The number of hydrogen-bond acceptors (Lipinski definition) is 3. The molecule has 4 heteroatoms. The number of unbranched alkanes of at least 4 members (excludes halogenated alkanes) is 32. The van der Waals surface area contributed by atoms with E-state index in [-0.39, 0.29) is 12.5 Å². The van der Waals surface area contributed by atoms with E-state index >= 15 is 0 Å². The zero-order chi connectivity index (χ0) is 36.4. The van der Waals surface area contributed by atoms with Gasteiger partial charge in [-0.1, -0.05) is 231 Å². The first-order chi connectivity index (χ1) is 24.7. The van der Waals surface area contributed by atoms with E-state index in [0.29, 0.717) is 6.42 Å². The molecule has 0 saturated carbocycles. The average molecular weight is 704 g/mol. The summed E-state index contributed by atoms with van der Waals surface area (Å²) < 4.78 is 0. The number of aliphatic hydroxyl groups is 2. The van der Waals surface area contributed by atoms with Crippen LogP contribution in [0, 0.1) is 0 Å². The van der Waals surface area contributed by atoms with Crippen LogP contribution in [0.3, 0.4) is 0 Å². The Labute approximate surface area is 313 Å². The van der Waals surface area contributed by atoms with Crippen LogP contribution in [0.4, 0.5) is 0 Å². The molecule has 2 atom stereocenters. The summed E-state index contributed by atoms with van der Waals surface area (Å²) in [5.74, 6) is -0.0713. The first kappa shape index (κ1) is 48.9. The highest BCUT2D eigenvalue weighted by Crippen LogP contribution is 2.16. The van der Waals surface area contributed by atoms with Gasteiger partial charge in [-0.2, -0.15) is 0 Å². The fraction of sp³-hybridized carbons (Fsp3) is 0.891. The van der Waals surface area contributed by atoms with E-state index in [1.807, 2.05) is 6.08 Å². The third-order valence-electron chi connectivity index (χ3n) is 10.4. The second kappa shape index (κ2) is 42.3. The number of allylic oxidation sites excluding steroid dienone is 3. The van der Waals surface area contributed by atoms with E-state index in [1.54, 1.807) is 6.08 Å². The molecular weight excluding hydrogens is 615 g/mol. The molecule has 0 fully saturated rings. The van der Waals surface area contributed by atoms with Crippen LogP contribution in [0.25, 0.3) is 0 Å². The van der Waals surface area contributed by atoms with Crippen molar-refractivity contribution in [3.8, 4) is 0 Å². The van der Waals surface area contributed by atoms with Crippen molar-refractivity contribution >= 4 is 5.91 Å². The SMILES string of the molecule is CCCCCCCCCCCCCCCCCCCC/C=C/CC/C=C/C(O)C(CO)NC(=O)CCCCCCCCCCCCCCCC. The van der Waals surface area contributed by atoms with Gasteiger partial charge in [0.15, 0.2) is 0 Å². The fourth-order valence-corrected chi connectivity index (χ4v) is 6.96. The molecule has 0 radical (unpaired) electrons. The molecule has 0 aliphatic heterocycles. The van der Waals surface area contributed by atoms with Gasteiger partial charge in [0.25, 0.3) is 0 Å². The van der Waals surface area contributed by atoms with Gasteiger partial charge in [0.2, 0.25) is 5.91 Å². The van der Waals surface area contributed by atoms with Crippen molar-refractivity contribution in [3.63, 3.8) is 0 Å². The Morgan fingerprint density at radius 2 is 0.780 bits per heavy atom. The van der Waals surface area contributed by atoms with E-state index < -0.39 is 12.1 Å². The zero-order valence-electron chi connectivity index (χ0n) is 33.9. The molecule has 0 aliphatic carbocycles. The van der Waals surface area contributed by atoms with Gasteiger partial charge in [0.1, 0.15) is 0 Å². The maximum Gasteiger partial charge on any atom is 0.220 e. The lowest BCUT2D eigenvalue weighted by Crippen LogP contribution is -2.45. The van der Waals surface area contributed by atoms with E-state index in [4.69, 9.17) is 0 Å². The van der Waals surface area contributed by atoms with Crippen molar-refractivity contribution in [2.45, 2.75) is 257 Å². The van der Waals surface area contributed by atoms with E-state index in [2.05, 4.69) is 31.3 Å². The van der Waals surface area contributed by atoms with E-state index in [0.717, 1.165) is 32.1 Å². The number of carbonyl (C=O) groups is 1. The zero-order valence-corrected chi connectivity index (χ0v) is 33.9. The summed E-state index contributed by atoms with van der Waals surface area (Å²) in [7, 11) is 0. The molecule has 1 amide bonds. The van der Waals surface area contributed by atoms with Crippen LogP contribution in [0.1, 0.15) is 245 Å². The van der Waals surface area contributed by atoms with Crippen LogP contribution in [0.2, 0.25) is 0 Å². The Kier molecular flexibility index (Phi) is 41.3. The van der Waals surface area contributed by atoms with Gasteiger partial charge in [-0.25, -0.2) is 0 Å². The van der Waals surface area contributed by atoms with Gasteiger partial charge in [0.05, 0.1) is 18.8 Å². The van der Waals surface area contributed by atoms with E-state index in [1.165, 1.54) is 193 Å². The summed E-state index contributed by atoms with van der Waals surface area (Å²) in [5.41, 5.74) is 0. The number of nitrogens with one attached hydrogen (secondary N) is 1. The number of aliphatic hydroxyl groups excluding tert-OH is 2. The predicted molar refractivity (Wildman–Crippen MR) is 221 cm³/mol. The van der Waals surface area contributed by atoms with Crippen molar-refractivity contribution in [2.75, 3.05) is 6.61 Å². The second-order valence-corrected chi connectivity index (χ2v) is 15.5. The highest BCUT2D eigenvalue weighted by molar-refractivity contribution is 5.76. The molecule has 0 aromatic rings. The molecule has 3 N–H and O–H groups in total. The molecule has 4 nitrogen and oxygen atoms in total. The Morgan fingerprint density at radius 3 is 1.16 bits per heavy atom. The molecule has 0 aromatic heterocycles. The van der Waals surface area contributed by atoms with Crippen molar-refractivity contribution in [2.24, 2.45) is 0 Å². The van der Waals surface area contributed by atoms with Gasteiger partial charge in [0, 0.05) is 6.42 Å². The molecule has 0 aliphatic rings. The topological polar surface area (TPSA) is 69.6 Å². The number of hydrogen-bond donors (Lipinski definition) is 3. The summed E-state index contributed by atoms with van der Waals surface area (Å²) in [6.45, 7) is 4.31. The quantitative estimate of drug-likeness (QED) is 0.0438. The van der Waals surface area contributed by atoms with Gasteiger partial charge >= 0.3 is 0 Å². The third-order valence-corrected chi connectivity index (χ3v) is 10.4. The number of rotatable bonds is 41. The normalized spacial score (nSPS) is 13.1. The fourth-order valence-electron chi connectivity index (χ4n) is 6.96. The lowest BCUT2D eigenvalue weighted by Gasteiger charge is -2.19. The van der Waals surface area contributed by atoms with Gasteiger partial charge in [-0.15, -0.1) is 0 Å². The van der Waals surface area contributed by atoms with Crippen LogP contribution < -0.4 is 5.32 Å². The van der Waals surface area contributed by atoms with E-state index in [9.17, 15) is 15.0 Å². The first-order valence-electron chi connectivity index (χ1n) is 22.6. The lowest BCUT2D eigenvalue weighted by atomic mass is 10.0. The Hall–Kier alpha value is -1.13. The van der Waals surface area contributed by atoms with Crippen LogP contribution in [0.15, 0.2) is 24.3 Å². The average Bonchev–Trinajstić information content (AvgIpc) is 3.12. The van der Waals surface area contributed by atoms with Crippen LogP contribution in [-0.4, -0.2) is 34.9 Å². The summed E-state index contributed by atoms with van der Waals surface area (Å²) >= 11 is 0. The Bertz CT molecular complexity index is 720. The monoisotopic (exact) mass is 704 g/mol. The molecule has 0 spiro atoms. The minimum Gasteiger partial charge on any atom is -0.394 e. The molecule has 0 aromatic carbocycles. The lowest BCUT2D eigenvalue weighted by molar-refractivity contribution is -0.123. The molecule has 296 valence electrons. The maximum absolute atomic E-state index is 12.4. The molecule has 0 heterocycles. The maximum atomic E-state index is 12.4. The summed E-state index contributed by atoms with van der Waals surface area (Å²) in [5, 5.41) is 23.0. The molecular formula is C46H89NO3. The van der Waals surface area contributed by atoms with Crippen LogP contribution >= 0.6 is 0 Å². The van der Waals surface area contributed by atoms with Crippen molar-refractivity contribution in [1.29, 1.82) is 0 Å². The highest BCUT2D eigenvalue weighted by Gasteiger charge is 2.17. The first-order valence-corrected chi connectivity index (χ1v) is 22.6. The predicted octanol–water partition coefficient (Wildman–Crippen LogP) is 14.0. The van der Waals surface area contributed by atoms with Crippen molar-refractivity contribution in [1.82, 2.24) is 5.32 Å². The Balaban J connectivity index is 3.56. The van der Waals surface area contributed by atoms with Gasteiger partial charge in [-0.05, 0) is 32.1 Å². The second-order valence-electron chi connectivity index (χ2n) is 15.5. The van der Waals surface area contributed by atoms with Crippen LogP contribution in [0.5, 0.6) is 0 Å². The molecule has 50 heavy (non-hydrogen) atoms. The molecule has 2 unspecified atom stereocenters. The smallest absolute Gasteiger partial charge is 0.220 e. The van der Waals surface area contributed by atoms with Gasteiger partial charge in [-0.3, -0.25) is 4.79 Å². The summed E-state index contributed by atoms with van der Waals surface area (Å²) in [6, 6.07) is -0.634. The Morgan fingerprint density at radius 1 is 0.460 bits per heavy atom. The molecule has 0 rings (SSSR count).